The van der Waals surface area contributed by atoms with Crippen LogP contribution in [0.4, 0.5) is 13.2 Å². The highest BCUT2D eigenvalue weighted by Gasteiger charge is 2.29. The molecule has 0 aromatic carbocycles. The van der Waals surface area contributed by atoms with Crippen molar-refractivity contribution < 1.29 is 27.8 Å². The summed E-state index contributed by atoms with van der Waals surface area (Å²) in [6, 6.07) is 0. The molecule has 7 heteroatoms. The number of amides is 1. The minimum Gasteiger partial charge on any atom is -0.396 e. The lowest BCUT2D eigenvalue weighted by Crippen LogP contribution is -2.38. The lowest BCUT2D eigenvalue weighted by Gasteiger charge is -2.16. The molecule has 0 saturated heterocycles. The average Bonchev–Trinajstić information content (AvgIpc) is 2.22. The molecular weight excluding hydrogens is 239 g/mol. The standard InChI is InChI=1S/C10H18F3NO3/c1-7(3-4-15)5-14-9(16)8(2)17-6-10(11,12)13/h7-8,15H,3-6H2,1-2H3,(H,14,16). The van der Waals surface area contributed by atoms with E-state index < -0.39 is 24.8 Å². The number of carbonyl (C=O) groups excluding carboxylic acids is 1. The monoisotopic (exact) mass is 257 g/mol. The summed E-state index contributed by atoms with van der Waals surface area (Å²) in [5.74, 6) is -0.516. The summed E-state index contributed by atoms with van der Waals surface area (Å²) >= 11 is 0. The lowest BCUT2D eigenvalue weighted by molar-refractivity contribution is -0.185. The molecular formula is C10H18F3NO3. The fraction of sp³-hybridized carbons (Fsp3) is 0.900. The Bertz CT molecular complexity index is 233. The molecule has 102 valence electrons. The van der Waals surface area contributed by atoms with Crippen LogP contribution in [-0.4, -0.2) is 43.1 Å². The zero-order valence-corrected chi connectivity index (χ0v) is 9.88. The van der Waals surface area contributed by atoms with Gasteiger partial charge < -0.3 is 15.2 Å². The Hall–Kier alpha value is -0.820. The van der Waals surface area contributed by atoms with Crippen LogP contribution < -0.4 is 5.32 Å². The predicted molar refractivity (Wildman–Crippen MR) is 55.3 cm³/mol. The van der Waals surface area contributed by atoms with Crippen LogP contribution in [0.15, 0.2) is 0 Å². The van der Waals surface area contributed by atoms with Crippen molar-refractivity contribution in [2.75, 3.05) is 19.8 Å². The molecule has 0 fully saturated rings. The van der Waals surface area contributed by atoms with Crippen LogP contribution in [0.25, 0.3) is 0 Å². The van der Waals surface area contributed by atoms with Gasteiger partial charge in [-0.1, -0.05) is 6.92 Å². The minimum atomic E-state index is -4.43. The number of hydrogen-bond acceptors (Lipinski definition) is 3. The van der Waals surface area contributed by atoms with Crippen molar-refractivity contribution in [1.29, 1.82) is 0 Å². The van der Waals surface area contributed by atoms with E-state index in [-0.39, 0.29) is 12.5 Å². The molecule has 0 radical (unpaired) electrons. The Labute approximate surface area is 98.1 Å². The zero-order chi connectivity index (χ0) is 13.5. The summed E-state index contributed by atoms with van der Waals surface area (Å²) in [5, 5.41) is 11.1. The van der Waals surface area contributed by atoms with Crippen molar-refractivity contribution in [3.63, 3.8) is 0 Å². The molecule has 0 rings (SSSR count). The highest BCUT2D eigenvalue weighted by molar-refractivity contribution is 5.80. The van der Waals surface area contributed by atoms with E-state index in [4.69, 9.17) is 5.11 Å². The van der Waals surface area contributed by atoms with Crippen LogP contribution in [0.3, 0.4) is 0 Å². The van der Waals surface area contributed by atoms with Gasteiger partial charge in [-0.15, -0.1) is 0 Å². The number of rotatable bonds is 7. The Kier molecular flexibility index (Phi) is 7.13. The number of ether oxygens (including phenoxy) is 1. The third-order valence-electron chi connectivity index (χ3n) is 2.11. The summed E-state index contributed by atoms with van der Waals surface area (Å²) in [6.45, 7) is 1.96. The van der Waals surface area contributed by atoms with Gasteiger partial charge >= 0.3 is 6.18 Å². The van der Waals surface area contributed by atoms with E-state index in [1.807, 2.05) is 6.92 Å². The van der Waals surface area contributed by atoms with E-state index in [1.54, 1.807) is 0 Å². The fourth-order valence-electron chi connectivity index (χ4n) is 1.04. The minimum absolute atomic E-state index is 0.0111. The summed E-state index contributed by atoms with van der Waals surface area (Å²) in [5.41, 5.74) is 0. The van der Waals surface area contributed by atoms with Crippen LogP contribution >= 0.6 is 0 Å². The van der Waals surface area contributed by atoms with Gasteiger partial charge in [0.05, 0.1) is 0 Å². The average molecular weight is 257 g/mol. The van der Waals surface area contributed by atoms with Crippen molar-refractivity contribution in [3.8, 4) is 0 Å². The highest BCUT2D eigenvalue weighted by Crippen LogP contribution is 2.15. The van der Waals surface area contributed by atoms with Gasteiger partial charge in [0.1, 0.15) is 12.7 Å². The third kappa shape index (κ3) is 8.93. The van der Waals surface area contributed by atoms with Gasteiger partial charge in [0.25, 0.3) is 0 Å². The van der Waals surface area contributed by atoms with Crippen LogP contribution in [0.5, 0.6) is 0 Å². The molecule has 0 aliphatic carbocycles. The van der Waals surface area contributed by atoms with Crippen molar-refractivity contribution >= 4 is 5.91 Å². The first-order valence-electron chi connectivity index (χ1n) is 5.33. The Morgan fingerprint density at radius 2 is 2.00 bits per heavy atom. The second kappa shape index (κ2) is 7.50. The van der Waals surface area contributed by atoms with Crippen LogP contribution in [0, 0.1) is 5.92 Å². The Morgan fingerprint density at radius 1 is 1.41 bits per heavy atom. The van der Waals surface area contributed by atoms with Gasteiger partial charge in [-0.05, 0) is 19.3 Å². The third-order valence-corrected chi connectivity index (χ3v) is 2.11. The van der Waals surface area contributed by atoms with Crippen molar-refractivity contribution in [2.24, 2.45) is 5.92 Å². The number of aliphatic hydroxyl groups is 1. The number of carbonyl (C=O) groups is 1. The number of nitrogens with one attached hydrogen (secondary N) is 1. The first-order valence-corrected chi connectivity index (χ1v) is 5.33. The first kappa shape index (κ1) is 16.2. The molecule has 0 spiro atoms. The molecule has 0 bridgehead atoms. The molecule has 2 atom stereocenters. The summed E-state index contributed by atoms with van der Waals surface area (Å²) < 4.78 is 39.8. The predicted octanol–water partition coefficient (Wildman–Crippen LogP) is 1.09. The molecule has 2 unspecified atom stereocenters. The molecule has 0 saturated carbocycles. The van der Waals surface area contributed by atoms with E-state index in [0.717, 1.165) is 0 Å². The van der Waals surface area contributed by atoms with E-state index >= 15 is 0 Å². The second-order valence-corrected chi connectivity index (χ2v) is 3.93. The summed E-state index contributed by atoms with van der Waals surface area (Å²) in [7, 11) is 0. The topological polar surface area (TPSA) is 58.6 Å². The molecule has 0 aliphatic rings. The van der Waals surface area contributed by atoms with Gasteiger partial charge in [-0.2, -0.15) is 13.2 Å². The zero-order valence-electron chi connectivity index (χ0n) is 9.88. The number of hydrogen-bond donors (Lipinski definition) is 2. The summed E-state index contributed by atoms with van der Waals surface area (Å²) in [4.78, 5) is 11.3. The van der Waals surface area contributed by atoms with Crippen LogP contribution in [0.2, 0.25) is 0 Å². The number of alkyl halides is 3. The molecule has 1 amide bonds. The van der Waals surface area contributed by atoms with E-state index in [9.17, 15) is 18.0 Å². The Morgan fingerprint density at radius 3 is 2.47 bits per heavy atom. The molecule has 0 aromatic rings. The number of halogens is 3. The van der Waals surface area contributed by atoms with Gasteiger partial charge in [-0.25, -0.2) is 0 Å². The van der Waals surface area contributed by atoms with E-state index in [0.29, 0.717) is 13.0 Å². The largest absolute Gasteiger partial charge is 0.411 e. The molecule has 4 nitrogen and oxygen atoms in total. The van der Waals surface area contributed by atoms with Crippen molar-refractivity contribution in [2.45, 2.75) is 32.5 Å². The maximum absolute atomic E-state index is 11.8. The second-order valence-electron chi connectivity index (χ2n) is 3.93. The van der Waals surface area contributed by atoms with Crippen molar-refractivity contribution in [3.05, 3.63) is 0 Å². The lowest BCUT2D eigenvalue weighted by atomic mass is 10.1. The first-order chi connectivity index (χ1) is 7.76. The summed E-state index contributed by atoms with van der Waals surface area (Å²) in [6.07, 6.45) is -5.05. The van der Waals surface area contributed by atoms with E-state index in [1.165, 1.54) is 6.92 Å². The maximum Gasteiger partial charge on any atom is 0.411 e. The highest BCUT2D eigenvalue weighted by atomic mass is 19.4. The number of aliphatic hydroxyl groups excluding tert-OH is 1. The smallest absolute Gasteiger partial charge is 0.396 e. The quantitative estimate of drug-likeness (QED) is 0.717. The normalized spacial score (nSPS) is 15.4. The molecule has 2 N–H and O–H groups in total. The van der Waals surface area contributed by atoms with Gasteiger partial charge in [0.15, 0.2) is 0 Å². The molecule has 17 heavy (non-hydrogen) atoms. The van der Waals surface area contributed by atoms with Gasteiger partial charge in [0, 0.05) is 13.2 Å². The Balaban J connectivity index is 3.82. The van der Waals surface area contributed by atoms with Crippen LogP contribution in [-0.2, 0) is 9.53 Å². The SMILES string of the molecule is CC(CCO)CNC(=O)C(C)OCC(F)(F)F. The molecule has 0 heterocycles. The van der Waals surface area contributed by atoms with Gasteiger partial charge in [0.2, 0.25) is 5.91 Å². The van der Waals surface area contributed by atoms with E-state index in [2.05, 4.69) is 10.1 Å². The molecule has 0 aromatic heterocycles. The van der Waals surface area contributed by atoms with Crippen LogP contribution in [0.1, 0.15) is 20.3 Å². The molecule has 0 aliphatic heterocycles. The van der Waals surface area contributed by atoms with Gasteiger partial charge in [-0.3, -0.25) is 4.79 Å². The van der Waals surface area contributed by atoms with Crippen molar-refractivity contribution in [1.82, 2.24) is 5.32 Å². The fourth-order valence-corrected chi connectivity index (χ4v) is 1.04. The maximum atomic E-state index is 11.8.